The number of anilines is 3. The minimum Gasteiger partial charge on any atom is -0.382 e. The van der Waals surface area contributed by atoms with Crippen molar-refractivity contribution in [2.75, 3.05) is 11.1 Å². The van der Waals surface area contributed by atoms with Gasteiger partial charge in [-0.05, 0) is 35.2 Å². The average Bonchev–Trinajstić information content (AvgIpc) is 3.04. The third kappa shape index (κ3) is 3.61. The molecule has 0 radical (unpaired) electrons. The van der Waals surface area contributed by atoms with E-state index in [9.17, 15) is 0 Å². The number of aromatic nitrogens is 4. The molecule has 0 fully saturated rings. The third-order valence-electron chi connectivity index (χ3n) is 4.66. The number of nitrogen functional groups attached to an aromatic ring is 1. The summed E-state index contributed by atoms with van der Waals surface area (Å²) in [6.45, 7) is 6.53. The fourth-order valence-corrected chi connectivity index (χ4v) is 3.57. The number of fused-ring (bicyclic) bond motifs is 1. The van der Waals surface area contributed by atoms with E-state index in [0.29, 0.717) is 38.7 Å². The summed E-state index contributed by atoms with van der Waals surface area (Å²) in [5.74, 6) is 0.791. The lowest BCUT2D eigenvalue weighted by Gasteiger charge is -2.19. The Hall–Kier alpha value is -2.83. The van der Waals surface area contributed by atoms with E-state index in [0.717, 1.165) is 5.69 Å². The van der Waals surface area contributed by atoms with E-state index in [4.69, 9.17) is 28.9 Å². The second-order valence-electron chi connectivity index (χ2n) is 7.72. The van der Waals surface area contributed by atoms with Gasteiger partial charge in [-0.1, -0.05) is 62.2 Å². The number of hydrogen-bond acceptors (Lipinski definition) is 5. The van der Waals surface area contributed by atoms with Crippen LogP contribution in [0.4, 0.5) is 17.5 Å². The van der Waals surface area contributed by atoms with Gasteiger partial charge in [-0.15, -0.1) is 0 Å². The summed E-state index contributed by atoms with van der Waals surface area (Å²) < 4.78 is 1.87. The van der Waals surface area contributed by atoms with Gasteiger partial charge in [0.25, 0.3) is 0 Å². The molecule has 0 atom stereocenters. The summed E-state index contributed by atoms with van der Waals surface area (Å²) in [7, 11) is 0. The molecule has 2 aromatic heterocycles. The molecule has 148 valence electrons. The molecule has 0 aliphatic rings. The summed E-state index contributed by atoms with van der Waals surface area (Å²) in [5, 5.41) is 4.20. The normalized spacial score (nSPS) is 11.8. The van der Waals surface area contributed by atoms with Gasteiger partial charge in [0.1, 0.15) is 6.33 Å². The molecule has 0 saturated heterocycles. The van der Waals surface area contributed by atoms with Gasteiger partial charge < -0.3 is 11.1 Å². The molecule has 0 spiro atoms. The topological polar surface area (TPSA) is 81.7 Å². The predicted octanol–water partition coefficient (Wildman–Crippen LogP) is 5.75. The highest BCUT2D eigenvalue weighted by Crippen LogP contribution is 2.35. The van der Waals surface area contributed by atoms with Crippen molar-refractivity contribution in [3.05, 3.63) is 64.4 Å². The Labute approximate surface area is 178 Å². The minimum absolute atomic E-state index is 0.0499. The fourth-order valence-electron chi connectivity index (χ4n) is 3.08. The van der Waals surface area contributed by atoms with Crippen LogP contribution in [0.2, 0.25) is 10.0 Å². The van der Waals surface area contributed by atoms with E-state index >= 15 is 0 Å². The lowest BCUT2D eigenvalue weighted by Crippen LogP contribution is -2.11. The SMILES string of the molecule is CC(C)(C)c1ccc(-n2c(Nc3c(Cl)cccc3Cl)nc3c(N)ncnc32)cc1. The van der Waals surface area contributed by atoms with E-state index in [2.05, 4.69) is 53.2 Å². The van der Waals surface area contributed by atoms with Crippen molar-refractivity contribution in [2.24, 2.45) is 0 Å². The summed E-state index contributed by atoms with van der Waals surface area (Å²) in [4.78, 5) is 13.1. The Bertz CT molecular complexity index is 1170. The van der Waals surface area contributed by atoms with Gasteiger partial charge in [0.2, 0.25) is 5.95 Å². The Morgan fingerprint density at radius 1 is 0.966 bits per heavy atom. The summed E-state index contributed by atoms with van der Waals surface area (Å²) in [5.41, 5.74) is 9.85. The number of halogens is 2. The molecule has 4 rings (SSSR count). The van der Waals surface area contributed by atoms with Crippen molar-refractivity contribution in [1.29, 1.82) is 0 Å². The van der Waals surface area contributed by atoms with E-state index in [1.807, 2.05) is 16.7 Å². The Morgan fingerprint density at radius 2 is 1.62 bits per heavy atom. The first-order valence-electron chi connectivity index (χ1n) is 9.06. The molecule has 2 aromatic carbocycles. The third-order valence-corrected chi connectivity index (χ3v) is 5.29. The molecule has 29 heavy (non-hydrogen) atoms. The van der Waals surface area contributed by atoms with Gasteiger partial charge in [-0.25, -0.2) is 15.0 Å². The van der Waals surface area contributed by atoms with Crippen LogP contribution in [0.5, 0.6) is 0 Å². The van der Waals surface area contributed by atoms with Gasteiger partial charge in [-0.3, -0.25) is 4.57 Å². The Morgan fingerprint density at radius 3 is 2.24 bits per heavy atom. The molecule has 0 aliphatic carbocycles. The number of para-hydroxylation sites is 1. The average molecular weight is 427 g/mol. The van der Waals surface area contributed by atoms with Crippen LogP contribution in [-0.2, 0) is 5.41 Å². The molecule has 0 unspecified atom stereocenters. The first-order chi connectivity index (χ1) is 13.8. The maximum Gasteiger partial charge on any atom is 0.214 e. The van der Waals surface area contributed by atoms with Crippen LogP contribution in [0.3, 0.4) is 0 Å². The first kappa shape index (κ1) is 19.5. The maximum atomic E-state index is 6.34. The minimum atomic E-state index is 0.0499. The summed E-state index contributed by atoms with van der Waals surface area (Å²) in [6, 6.07) is 13.5. The van der Waals surface area contributed by atoms with Crippen LogP contribution in [0.25, 0.3) is 16.9 Å². The highest BCUT2D eigenvalue weighted by atomic mass is 35.5. The fraction of sp³-hybridized carbons (Fsp3) is 0.190. The number of hydrogen-bond donors (Lipinski definition) is 2. The second-order valence-corrected chi connectivity index (χ2v) is 8.53. The highest BCUT2D eigenvalue weighted by molar-refractivity contribution is 6.39. The molecular weight excluding hydrogens is 407 g/mol. The van der Waals surface area contributed by atoms with Gasteiger partial charge in [0.05, 0.1) is 21.4 Å². The van der Waals surface area contributed by atoms with E-state index in [-0.39, 0.29) is 5.41 Å². The Kier molecular flexibility index (Phi) is 4.84. The van der Waals surface area contributed by atoms with Gasteiger partial charge in [0, 0.05) is 0 Å². The molecule has 0 aliphatic heterocycles. The Balaban J connectivity index is 1.90. The van der Waals surface area contributed by atoms with E-state index in [1.54, 1.807) is 18.2 Å². The zero-order valence-electron chi connectivity index (χ0n) is 16.2. The molecular formula is C21H20Cl2N6. The smallest absolute Gasteiger partial charge is 0.214 e. The number of rotatable bonds is 3. The van der Waals surface area contributed by atoms with Crippen molar-refractivity contribution in [2.45, 2.75) is 26.2 Å². The molecule has 3 N–H and O–H groups in total. The van der Waals surface area contributed by atoms with Crippen molar-refractivity contribution in [3.63, 3.8) is 0 Å². The van der Waals surface area contributed by atoms with Crippen LogP contribution in [0, 0.1) is 0 Å². The summed E-state index contributed by atoms with van der Waals surface area (Å²) >= 11 is 12.7. The monoisotopic (exact) mass is 426 g/mol. The number of nitrogens with two attached hydrogens (primary N) is 1. The number of nitrogens with zero attached hydrogens (tertiary/aromatic N) is 4. The van der Waals surface area contributed by atoms with Gasteiger partial charge in [-0.2, -0.15) is 0 Å². The zero-order valence-corrected chi connectivity index (χ0v) is 17.8. The largest absolute Gasteiger partial charge is 0.382 e. The quantitative estimate of drug-likeness (QED) is 0.435. The van der Waals surface area contributed by atoms with Crippen molar-refractivity contribution in [1.82, 2.24) is 19.5 Å². The predicted molar refractivity (Wildman–Crippen MR) is 120 cm³/mol. The number of imidazole rings is 1. The van der Waals surface area contributed by atoms with Crippen LogP contribution in [0.1, 0.15) is 26.3 Å². The molecule has 8 heteroatoms. The molecule has 6 nitrogen and oxygen atoms in total. The lowest BCUT2D eigenvalue weighted by atomic mass is 9.87. The van der Waals surface area contributed by atoms with Crippen molar-refractivity contribution >= 4 is 51.8 Å². The standard InChI is InChI=1S/C21H20Cl2N6/c1-21(2,3)12-7-9-13(10-8-12)29-19-17(18(24)25-11-26-19)28-20(29)27-16-14(22)5-4-6-15(16)23/h4-11H,1-3H3,(H,27,28)(H2,24,25,26). The van der Waals surface area contributed by atoms with Gasteiger partial charge >= 0.3 is 0 Å². The van der Waals surface area contributed by atoms with E-state index < -0.39 is 0 Å². The maximum absolute atomic E-state index is 6.34. The van der Waals surface area contributed by atoms with Crippen LogP contribution in [-0.4, -0.2) is 19.5 Å². The van der Waals surface area contributed by atoms with Crippen LogP contribution in [0.15, 0.2) is 48.8 Å². The molecule has 0 saturated carbocycles. The van der Waals surface area contributed by atoms with Crippen LogP contribution < -0.4 is 11.1 Å². The van der Waals surface area contributed by atoms with Crippen molar-refractivity contribution < 1.29 is 0 Å². The van der Waals surface area contributed by atoms with Crippen LogP contribution >= 0.6 is 23.2 Å². The zero-order chi connectivity index (χ0) is 20.8. The number of nitrogens with one attached hydrogen (secondary N) is 1. The molecule has 0 bridgehead atoms. The molecule has 0 amide bonds. The number of benzene rings is 2. The first-order valence-corrected chi connectivity index (χ1v) is 9.82. The lowest BCUT2D eigenvalue weighted by molar-refractivity contribution is 0.590. The van der Waals surface area contributed by atoms with E-state index in [1.165, 1.54) is 11.9 Å². The van der Waals surface area contributed by atoms with Crippen molar-refractivity contribution in [3.8, 4) is 5.69 Å². The van der Waals surface area contributed by atoms with Gasteiger partial charge in [0.15, 0.2) is 17.0 Å². The second kappa shape index (κ2) is 7.21. The summed E-state index contributed by atoms with van der Waals surface area (Å²) in [6.07, 6.45) is 1.42. The molecule has 2 heterocycles. The molecule has 4 aromatic rings. The highest BCUT2D eigenvalue weighted by Gasteiger charge is 2.19.